The standard InChI is InChI=1S/C17H26N2O/c1-5-6-7-8-9-14(20)19-13-10-12-16(17(12,3)4)15(13)11(2)18-19/h12,16H,5-10H2,1-4H3/t12-,16-/m1/s1. The van der Waals surface area contributed by atoms with E-state index in [9.17, 15) is 4.79 Å². The Labute approximate surface area is 121 Å². The van der Waals surface area contributed by atoms with E-state index < -0.39 is 0 Å². The van der Waals surface area contributed by atoms with Crippen LogP contribution in [0.15, 0.2) is 0 Å². The highest BCUT2D eigenvalue weighted by Gasteiger charge is 2.63. The van der Waals surface area contributed by atoms with Gasteiger partial charge < -0.3 is 0 Å². The van der Waals surface area contributed by atoms with Gasteiger partial charge in [0, 0.05) is 12.0 Å². The molecule has 0 amide bonds. The summed E-state index contributed by atoms with van der Waals surface area (Å²) >= 11 is 0. The van der Waals surface area contributed by atoms with Crippen molar-refractivity contribution in [3.05, 3.63) is 17.0 Å². The maximum absolute atomic E-state index is 12.4. The molecule has 3 heteroatoms. The molecule has 0 saturated heterocycles. The molecule has 0 aromatic carbocycles. The number of aryl methyl sites for hydroxylation is 1. The number of unbranched alkanes of at least 4 members (excludes halogenated alkanes) is 3. The molecular weight excluding hydrogens is 248 g/mol. The minimum Gasteiger partial charge on any atom is -0.273 e. The van der Waals surface area contributed by atoms with Gasteiger partial charge in [-0.2, -0.15) is 5.10 Å². The van der Waals surface area contributed by atoms with E-state index in [0.29, 0.717) is 17.8 Å². The SMILES string of the molecule is CCCCCCC(=O)n1nc(C)c2c1C[C@@H]1[C@H]2C1(C)C. The van der Waals surface area contributed by atoms with Crippen LogP contribution in [0.3, 0.4) is 0 Å². The summed E-state index contributed by atoms with van der Waals surface area (Å²) in [6.45, 7) is 8.94. The molecule has 0 N–H and O–H groups in total. The predicted octanol–water partition coefficient (Wildman–Crippen LogP) is 4.10. The van der Waals surface area contributed by atoms with Crippen LogP contribution in [-0.2, 0) is 6.42 Å². The zero-order valence-electron chi connectivity index (χ0n) is 13.2. The highest BCUT2D eigenvalue weighted by atomic mass is 16.2. The zero-order chi connectivity index (χ0) is 14.5. The van der Waals surface area contributed by atoms with E-state index in [-0.39, 0.29) is 5.91 Å². The molecule has 0 unspecified atom stereocenters. The minimum atomic E-state index is 0.199. The summed E-state index contributed by atoms with van der Waals surface area (Å²) in [5.41, 5.74) is 4.12. The Morgan fingerprint density at radius 1 is 1.35 bits per heavy atom. The summed E-state index contributed by atoms with van der Waals surface area (Å²) in [6, 6.07) is 0. The van der Waals surface area contributed by atoms with E-state index in [2.05, 4.69) is 32.8 Å². The van der Waals surface area contributed by atoms with Gasteiger partial charge in [0.15, 0.2) is 0 Å². The van der Waals surface area contributed by atoms with Crippen LogP contribution in [0.2, 0.25) is 0 Å². The highest BCUT2D eigenvalue weighted by Crippen LogP contribution is 2.70. The molecule has 0 spiro atoms. The second-order valence-corrected chi connectivity index (χ2v) is 7.17. The second-order valence-electron chi connectivity index (χ2n) is 7.17. The fraction of sp³-hybridized carbons (Fsp3) is 0.765. The molecule has 2 aliphatic carbocycles. The highest BCUT2D eigenvalue weighted by molar-refractivity contribution is 5.79. The fourth-order valence-corrected chi connectivity index (χ4v) is 4.11. The molecule has 1 aromatic rings. The number of nitrogens with zero attached hydrogens (tertiary/aromatic N) is 2. The van der Waals surface area contributed by atoms with Gasteiger partial charge in [-0.25, -0.2) is 4.68 Å². The summed E-state index contributed by atoms with van der Waals surface area (Å²) in [5, 5.41) is 4.54. The van der Waals surface area contributed by atoms with Crippen LogP contribution >= 0.6 is 0 Å². The van der Waals surface area contributed by atoms with Crippen molar-refractivity contribution < 1.29 is 4.79 Å². The third-order valence-electron chi connectivity index (χ3n) is 5.46. The number of carbonyl (C=O) groups is 1. The third-order valence-corrected chi connectivity index (χ3v) is 5.46. The van der Waals surface area contributed by atoms with Crippen molar-refractivity contribution in [2.45, 2.75) is 72.1 Å². The largest absolute Gasteiger partial charge is 0.273 e. The van der Waals surface area contributed by atoms with Crippen molar-refractivity contribution in [3.8, 4) is 0 Å². The van der Waals surface area contributed by atoms with E-state index >= 15 is 0 Å². The van der Waals surface area contributed by atoms with Gasteiger partial charge in [-0.15, -0.1) is 0 Å². The molecule has 1 aromatic heterocycles. The maximum Gasteiger partial charge on any atom is 0.247 e. The molecule has 0 radical (unpaired) electrons. The second kappa shape index (κ2) is 4.71. The van der Waals surface area contributed by atoms with Crippen molar-refractivity contribution in [2.75, 3.05) is 0 Å². The molecule has 0 aliphatic heterocycles. The van der Waals surface area contributed by atoms with E-state index in [1.54, 1.807) is 4.68 Å². The van der Waals surface area contributed by atoms with Crippen LogP contribution in [-0.4, -0.2) is 15.7 Å². The lowest BCUT2D eigenvalue weighted by Gasteiger charge is -2.10. The number of hydrogen-bond acceptors (Lipinski definition) is 2. The summed E-state index contributed by atoms with van der Waals surface area (Å²) in [6.07, 6.45) is 6.28. The Bertz CT molecular complexity index is 541. The van der Waals surface area contributed by atoms with Crippen molar-refractivity contribution in [3.63, 3.8) is 0 Å². The number of fused-ring (bicyclic) bond motifs is 3. The zero-order valence-corrected chi connectivity index (χ0v) is 13.2. The average Bonchev–Trinajstić information content (AvgIpc) is 2.76. The Morgan fingerprint density at radius 2 is 2.10 bits per heavy atom. The number of aromatic nitrogens is 2. The van der Waals surface area contributed by atoms with E-state index in [1.807, 2.05) is 0 Å². The molecule has 3 nitrogen and oxygen atoms in total. The Kier molecular flexibility index (Phi) is 3.26. The summed E-state index contributed by atoms with van der Waals surface area (Å²) in [7, 11) is 0. The van der Waals surface area contributed by atoms with Crippen LogP contribution in [0.25, 0.3) is 0 Å². The van der Waals surface area contributed by atoms with Crippen molar-refractivity contribution >= 4 is 5.91 Å². The molecule has 20 heavy (non-hydrogen) atoms. The van der Waals surface area contributed by atoms with Crippen LogP contribution in [0.5, 0.6) is 0 Å². The first-order valence-electron chi connectivity index (χ1n) is 8.10. The topological polar surface area (TPSA) is 34.9 Å². The third kappa shape index (κ3) is 1.94. The molecule has 0 bridgehead atoms. The number of hydrogen-bond donors (Lipinski definition) is 0. The predicted molar refractivity (Wildman–Crippen MR) is 80.1 cm³/mol. The van der Waals surface area contributed by atoms with Crippen LogP contribution < -0.4 is 0 Å². The quantitative estimate of drug-likeness (QED) is 0.758. The Hall–Kier alpha value is -1.12. The molecule has 110 valence electrons. The molecule has 1 heterocycles. The number of rotatable bonds is 5. The molecule has 2 aliphatic rings. The molecule has 1 fully saturated rings. The van der Waals surface area contributed by atoms with Gasteiger partial charge in [-0.3, -0.25) is 4.79 Å². The normalized spacial score (nSPS) is 25.4. The monoisotopic (exact) mass is 274 g/mol. The first-order valence-corrected chi connectivity index (χ1v) is 8.10. The van der Waals surface area contributed by atoms with Crippen LogP contribution in [0.1, 0.15) is 80.5 Å². The van der Waals surface area contributed by atoms with Gasteiger partial charge in [0.1, 0.15) is 0 Å². The van der Waals surface area contributed by atoms with Crippen molar-refractivity contribution in [1.29, 1.82) is 0 Å². The van der Waals surface area contributed by atoms with E-state index in [4.69, 9.17) is 0 Å². The number of carbonyl (C=O) groups excluding carboxylic acids is 1. The molecular formula is C17H26N2O. The van der Waals surface area contributed by atoms with E-state index in [0.717, 1.165) is 30.9 Å². The van der Waals surface area contributed by atoms with Gasteiger partial charge in [-0.05, 0) is 37.0 Å². The fourth-order valence-electron chi connectivity index (χ4n) is 4.11. The van der Waals surface area contributed by atoms with Gasteiger partial charge >= 0.3 is 0 Å². The van der Waals surface area contributed by atoms with Gasteiger partial charge in [0.25, 0.3) is 0 Å². The first kappa shape index (κ1) is 13.8. The average molecular weight is 274 g/mol. The van der Waals surface area contributed by atoms with Crippen molar-refractivity contribution in [2.24, 2.45) is 11.3 Å². The molecule has 2 atom stereocenters. The minimum absolute atomic E-state index is 0.199. The van der Waals surface area contributed by atoms with E-state index in [1.165, 1.54) is 24.1 Å². The summed E-state index contributed by atoms with van der Waals surface area (Å²) < 4.78 is 1.73. The summed E-state index contributed by atoms with van der Waals surface area (Å²) in [4.78, 5) is 12.4. The van der Waals surface area contributed by atoms with Gasteiger partial charge in [0.2, 0.25) is 5.91 Å². The molecule has 3 rings (SSSR count). The maximum atomic E-state index is 12.4. The van der Waals surface area contributed by atoms with Crippen molar-refractivity contribution in [1.82, 2.24) is 9.78 Å². The first-order chi connectivity index (χ1) is 9.48. The van der Waals surface area contributed by atoms with Gasteiger partial charge in [-0.1, -0.05) is 40.0 Å². The smallest absolute Gasteiger partial charge is 0.247 e. The van der Waals surface area contributed by atoms with Gasteiger partial charge in [0.05, 0.1) is 11.4 Å². The summed E-state index contributed by atoms with van der Waals surface area (Å²) in [5.74, 6) is 1.59. The lowest BCUT2D eigenvalue weighted by atomic mass is 9.98. The van der Waals surface area contributed by atoms with Crippen LogP contribution in [0.4, 0.5) is 0 Å². The lowest BCUT2D eigenvalue weighted by molar-refractivity contribution is 0.0878. The Morgan fingerprint density at radius 3 is 2.80 bits per heavy atom. The lowest BCUT2D eigenvalue weighted by Crippen LogP contribution is -2.16. The molecule has 1 saturated carbocycles. The van der Waals surface area contributed by atoms with Crippen LogP contribution in [0, 0.1) is 18.3 Å². The Balaban J connectivity index is 1.72.